The number of rotatable bonds is 7. The van der Waals surface area contributed by atoms with Gasteiger partial charge in [-0.05, 0) is 47.9 Å². The SMILES string of the molecule is COc1ccc(CN(C2Cc3cc(Br)ccc3N(Cc3cnc[nH]3)C2)S(C)(=O)=O)cc1.Cl. The summed E-state index contributed by atoms with van der Waals surface area (Å²) in [5.74, 6) is 0.747. The Labute approximate surface area is 203 Å². The Kier molecular flexibility index (Phi) is 7.87. The number of nitrogens with zero attached hydrogens (tertiary/aromatic N) is 3. The Balaban J connectivity index is 0.00000289. The Morgan fingerprint density at radius 2 is 2.00 bits per heavy atom. The molecule has 172 valence electrons. The number of benzene rings is 2. The van der Waals surface area contributed by atoms with Crippen LogP contribution in [0.2, 0.25) is 0 Å². The van der Waals surface area contributed by atoms with Crippen molar-refractivity contribution in [3.63, 3.8) is 0 Å². The molecule has 1 aliphatic heterocycles. The van der Waals surface area contributed by atoms with Crippen LogP contribution in [0.15, 0.2) is 59.5 Å². The highest BCUT2D eigenvalue weighted by Crippen LogP contribution is 2.33. The van der Waals surface area contributed by atoms with E-state index in [1.807, 2.05) is 30.3 Å². The molecule has 1 atom stereocenters. The first kappa shape index (κ1) is 24.6. The third kappa shape index (κ3) is 5.64. The normalized spacial score (nSPS) is 15.9. The fourth-order valence-corrected chi connectivity index (χ4v) is 5.52. The number of ether oxygens (including phenoxy) is 1. The van der Waals surface area contributed by atoms with Crippen molar-refractivity contribution in [1.29, 1.82) is 0 Å². The minimum absolute atomic E-state index is 0. The minimum Gasteiger partial charge on any atom is -0.497 e. The fourth-order valence-electron chi connectivity index (χ4n) is 4.04. The second-order valence-electron chi connectivity index (χ2n) is 7.74. The van der Waals surface area contributed by atoms with Gasteiger partial charge in [-0.2, -0.15) is 4.31 Å². The van der Waals surface area contributed by atoms with Gasteiger partial charge in [0.2, 0.25) is 10.0 Å². The number of sulfonamides is 1. The highest BCUT2D eigenvalue weighted by Gasteiger charge is 2.33. The average Bonchev–Trinajstić information content (AvgIpc) is 3.24. The Bertz CT molecular complexity index is 1140. The van der Waals surface area contributed by atoms with E-state index in [-0.39, 0.29) is 18.4 Å². The van der Waals surface area contributed by atoms with Crippen molar-refractivity contribution in [2.45, 2.75) is 25.6 Å². The van der Waals surface area contributed by atoms with E-state index in [1.54, 1.807) is 23.9 Å². The predicted molar refractivity (Wildman–Crippen MR) is 132 cm³/mol. The summed E-state index contributed by atoms with van der Waals surface area (Å²) in [5.41, 5.74) is 4.14. The van der Waals surface area contributed by atoms with Crippen LogP contribution in [0.3, 0.4) is 0 Å². The molecule has 0 bridgehead atoms. The number of hydrogen-bond donors (Lipinski definition) is 1. The van der Waals surface area contributed by atoms with E-state index in [0.29, 0.717) is 26.1 Å². The van der Waals surface area contributed by atoms with Gasteiger partial charge in [0, 0.05) is 35.5 Å². The van der Waals surface area contributed by atoms with Crippen LogP contribution < -0.4 is 9.64 Å². The summed E-state index contributed by atoms with van der Waals surface area (Å²) < 4.78 is 33.4. The van der Waals surface area contributed by atoms with Gasteiger partial charge in [-0.3, -0.25) is 0 Å². The van der Waals surface area contributed by atoms with Crippen molar-refractivity contribution < 1.29 is 13.2 Å². The molecule has 10 heteroatoms. The van der Waals surface area contributed by atoms with E-state index in [1.165, 1.54) is 6.26 Å². The van der Waals surface area contributed by atoms with Gasteiger partial charge in [-0.25, -0.2) is 13.4 Å². The number of hydrogen-bond acceptors (Lipinski definition) is 5. The van der Waals surface area contributed by atoms with Gasteiger partial charge in [0.15, 0.2) is 0 Å². The fraction of sp³-hybridized carbons (Fsp3) is 0.318. The molecule has 1 aromatic heterocycles. The van der Waals surface area contributed by atoms with Crippen molar-refractivity contribution in [2.24, 2.45) is 0 Å². The molecule has 0 aliphatic carbocycles. The van der Waals surface area contributed by atoms with Crippen LogP contribution in [0.4, 0.5) is 5.69 Å². The molecule has 0 radical (unpaired) electrons. The van der Waals surface area contributed by atoms with Crippen molar-refractivity contribution in [1.82, 2.24) is 14.3 Å². The summed E-state index contributed by atoms with van der Waals surface area (Å²) in [6, 6.07) is 13.5. The molecule has 1 N–H and O–H groups in total. The summed E-state index contributed by atoms with van der Waals surface area (Å²) in [6.07, 6.45) is 5.39. The van der Waals surface area contributed by atoms with Crippen molar-refractivity contribution >= 4 is 44.0 Å². The molecule has 1 aliphatic rings. The van der Waals surface area contributed by atoms with Crippen molar-refractivity contribution in [3.8, 4) is 5.75 Å². The molecule has 2 heterocycles. The lowest BCUT2D eigenvalue weighted by Gasteiger charge is -2.40. The van der Waals surface area contributed by atoms with Crippen LogP contribution in [0.1, 0.15) is 16.8 Å². The highest BCUT2D eigenvalue weighted by atomic mass is 79.9. The molecule has 32 heavy (non-hydrogen) atoms. The molecule has 0 saturated carbocycles. The largest absolute Gasteiger partial charge is 0.497 e. The van der Waals surface area contributed by atoms with Gasteiger partial charge in [0.1, 0.15) is 5.75 Å². The third-order valence-electron chi connectivity index (χ3n) is 5.52. The topological polar surface area (TPSA) is 78.5 Å². The van der Waals surface area contributed by atoms with Gasteiger partial charge < -0.3 is 14.6 Å². The van der Waals surface area contributed by atoms with Crippen LogP contribution in [0.5, 0.6) is 5.75 Å². The standard InChI is InChI=1S/C22H25BrN4O3S.ClH/c1-30-21-6-3-16(4-7-21)12-27(31(2,28)29)20-10-17-9-18(23)5-8-22(17)26(14-20)13-19-11-24-15-25-19;/h3-9,11,15,20H,10,12-14H2,1-2H3,(H,24,25);1H. The molecule has 3 aromatic rings. The zero-order valence-electron chi connectivity index (χ0n) is 17.9. The lowest BCUT2D eigenvalue weighted by atomic mass is 9.97. The second kappa shape index (κ2) is 10.2. The smallest absolute Gasteiger partial charge is 0.211 e. The average molecular weight is 542 g/mol. The Morgan fingerprint density at radius 3 is 2.62 bits per heavy atom. The van der Waals surface area contributed by atoms with Crippen molar-refractivity contribution in [2.75, 3.05) is 24.8 Å². The van der Waals surface area contributed by atoms with Crippen LogP contribution in [0, 0.1) is 0 Å². The minimum atomic E-state index is -3.43. The number of anilines is 1. The number of fused-ring (bicyclic) bond motifs is 1. The van der Waals surface area contributed by atoms with Crippen LogP contribution in [-0.2, 0) is 29.5 Å². The molecule has 7 nitrogen and oxygen atoms in total. The van der Waals surface area contributed by atoms with Gasteiger partial charge in [-0.1, -0.05) is 28.1 Å². The second-order valence-corrected chi connectivity index (χ2v) is 10.6. The summed E-state index contributed by atoms with van der Waals surface area (Å²) in [6.45, 7) is 1.54. The van der Waals surface area contributed by atoms with Crippen molar-refractivity contribution in [3.05, 3.63) is 76.3 Å². The molecule has 0 amide bonds. The molecule has 2 aromatic carbocycles. The van der Waals surface area contributed by atoms with Crippen LogP contribution in [-0.4, -0.2) is 48.6 Å². The molecule has 1 unspecified atom stereocenters. The molecular formula is C22H26BrClN4O3S. The maximum Gasteiger partial charge on any atom is 0.211 e. The molecule has 0 fully saturated rings. The quantitative estimate of drug-likeness (QED) is 0.489. The van der Waals surface area contributed by atoms with Gasteiger partial charge in [-0.15, -0.1) is 12.4 Å². The molecule has 4 rings (SSSR count). The molecule has 0 saturated heterocycles. The first-order chi connectivity index (χ1) is 14.8. The van der Waals surface area contributed by atoms with Gasteiger partial charge in [0.25, 0.3) is 0 Å². The number of methoxy groups -OCH3 is 1. The van der Waals surface area contributed by atoms with E-state index >= 15 is 0 Å². The summed E-state index contributed by atoms with van der Waals surface area (Å²) >= 11 is 3.56. The Morgan fingerprint density at radius 1 is 1.25 bits per heavy atom. The van der Waals surface area contributed by atoms with E-state index in [0.717, 1.165) is 32.7 Å². The zero-order chi connectivity index (χ0) is 22.0. The first-order valence-corrected chi connectivity index (χ1v) is 12.6. The van der Waals surface area contributed by atoms with E-state index in [9.17, 15) is 8.42 Å². The third-order valence-corrected chi connectivity index (χ3v) is 7.29. The maximum absolute atomic E-state index is 12.8. The highest BCUT2D eigenvalue weighted by molar-refractivity contribution is 9.10. The van der Waals surface area contributed by atoms with E-state index < -0.39 is 10.0 Å². The molecular weight excluding hydrogens is 516 g/mol. The summed E-state index contributed by atoms with van der Waals surface area (Å²) in [7, 11) is -1.82. The van der Waals surface area contributed by atoms with Crippen LogP contribution >= 0.6 is 28.3 Å². The van der Waals surface area contributed by atoms with E-state index in [4.69, 9.17) is 4.74 Å². The number of aromatic nitrogens is 2. The predicted octanol–water partition coefficient (Wildman–Crippen LogP) is 4.00. The number of imidazole rings is 1. The maximum atomic E-state index is 12.8. The number of aromatic amines is 1. The first-order valence-electron chi connectivity index (χ1n) is 9.94. The summed E-state index contributed by atoms with van der Waals surface area (Å²) in [4.78, 5) is 9.48. The Hall–Kier alpha value is -2.07. The number of nitrogens with one attached hydrogen (secondary N) is 1. The van der Waals surface area contributed by atoms with E-state index in [2.05, 4.69) is 42.9 Å². The summed E-state index contributed by atoms with van der Waals surface area (Å²) in [5, 5.41) is 0. The van der Waals surface area contributed by atoms with Crippen LogP contribution in [0.25, 0.3) is 0 Å². The van der Waals surface area contributed by atoms with Gasteiger partial charge in [0.05, 0.1) is 31.9 Å². The zero-order valence-corrected chi connectivity index (χ0v) is 21.1. The van der Waals surface area contributed by atoms with Gasteiger partial charge >= 0.3 is 0 Å². The lowest BCUT2D eigenvalue weighted by Crippen LogP contribution is -2.50. The lowest BCUT2D eigenvalue weighted by molar-refractivity contribution is 0.304. The monoisotopic (exact) mass is 540 g/mol. The number of halogens is 2. The molecule has 0 spiro atoms. The number of H-pyrrole nitrogens is 1.